The van der Waals surface area contributed by atoms with Crippen LogP contribution in [0.5, 0.6) is 5.75 Å². The maximum Gasteiger partial charge on any atom is 0.262 e. The van der Waals surface area contributed by atoms with E-state index in [4.69, 9.17) is 4.74 Å². The minimum Gasteiger partial charge on any atom is -0.483 e. The van der Waals surface area contributed by atoms with E-state index >= 15 is 0 Å². The highest BCUT2D eigenvalue weighted by molar-refractivity contribution is 6.04. The lowest BCUT2D eigenvalue weighted by molar-refractivity contribution is -0.118. The van der Waals surface area contributed by atoms with Crippen LogP contribution in [0.3, 0.4) is 0 Å². The van der Waals surface area contributed by atoms with Crippen LogP contribution in [0.15, 0.2) is 72.8 Å². The number of hydrogen-bond donors (Lipinski definition) is 2. The van der Waals surface area contributed by atoms with Gasteiger partial charge in [0.2, 0.25) is 0 Å². The largest absolute Gasteiger partial charge is 0.483 e. The highest BCUT2D eigenvalue weighted by Gasteiger charge is 2.14. The van der Waals surface area contributed by atoms with E-state index in [0.717, 1.165) is 23.1 Å². The molecule has 166 valence electrons. The second kappa shape index (κ2) is 11.1. The van der Waals surface area contributed by atoms with Gasteiger partial charge in [0.1, 0.15) is 5.75 Å². The molecule has 0 spiro atoms. The van der Waals surface area contributed by atoms with E-state index in [2.05, 4.69) is 24.5 Å². The van der Waals surface area contributed by atoms with Crippen LogP contribution in [-0.2, 0) is 11.2 Å². The third kappa shape index (κ3) is 6.45. The second-order valence-corrected chi connectivity index (χ2v) is 8.07. The van der Waals surface area contributed by atoms with E-state index < -0.39 is 0 Å². The van der Waals surface area contributed by atoms with E-state index in [9.17, 15) is 9.59 Å². The molecule has 0 unspecified atom stereocenters. The monoisotopic (exact) mass is 430 g/mol. The van der Waals surface area contributed by atoms with Gasteiger partial charge in [-0.3, -0.25) is 9.59 Å². The summed E-state index contributed by atoms with van der Waals surface area (Å²) in [4.78, 5) is 25.2. The zero-order chi connectivity index (χ0) is 22.9. The molecule has 0 aliphatic carbocycles. The Bertz CT molecular complexity index is 1060. The SMILES string of the molecule is Cc1ccc(C(C)C)c(OCC(=O)Nc2ccccc2C(=O)NCCc2ccccc2)c1. The van der Waals surface area contributed by atoms with Gasteiger partial charge in [-0.2, -0.15) is 0 Å². The second-order valence-electron chi connectivity index (χ2n) is 8.07. The van der Waals surface area contributed by atoms with Crippen molar-refractivity contribution in [3.8, 4) is 5.75 Å². The molecule has 0 atom stereocenters. The van der Waals surface area contributed by atoms with Crippen LogP contribution >= 0.6 is 0 Å². The molecule has 0 radical (unpaired) electrons. The number of amides is 2. The average Bonchev–Trinajstić information content (AvgIpc) is 2.78. The van der Waals surface area contributed by atoms with Gasteiger partial charge in [0.15, 0.2) is 6.61 Å². The zero-order valence-electron chi connectivity index (χ0n) is 18.9. The molecule has 2 amide bonds. The molecule has 3 rings (SSSR count). The molecule has 0 fully saturated rings. The highest BCUT2D eigenvalue weighted by Crippen LogP contribution is 2.27. The summed E-state index contributed by atoms with van der Waals surface area (Å²) in [5.74, 6) is 0.459. The van der Waals surface area contributed by atoms with E-state index in [-0.39, 0.29) is 24.3 Å². The molecule has 2 N–H and O–H groups in total. The van der Waals surface area contributed by atoms with Crippen molar-refractivity contribution in [3.63, 3.8) is 0 Å². The summed E-state index contributed by atoms with van der Waals surface area (Å²) in [6.07, 6.45) is 0.740. The quantitative estimate of drug-likeness (QED) is 0.496. The van der Waals surface area contributed by atoms with Gasteiger partial charge < -0.3 is 15.4 Å². The van der Waals surface area contributed by atoms with Gasteiger partial charge >= 0.3 is 0 Å². The van der Waals surface area contributed by atoms with Crippen molar-refractivity contribution in [1.29, 1.82) is 0 Å². The molecule has 0 aromatic heterocycles. The van der Waals surface area contributed by atoms with Crippen molar-refractivity contribution in [2.75, 3.05) is 18.5 Å². The number of carbonyl (C=O) groups excluding carboxylic acids is 2. The summed E-state index contributed by atoms with van der Waals surface area (Å²) >= 11 is 0. The van der Waals surface area contributed by atoms with Crippen LogP contribution in [0, 0.1) is 6.92 Å². The molecule has 3 aromatic carbocycles. The number of nitrogens with one attached hydrogen (secondary N) is 2. The molecule has 5 heteroatoms. The molecule has 32 heavy (non-hydrogen) atoms. The first-order chi connectivity index (χ1) is 15.4. The van der Waals surface area contributed by atoms with Crippen molar-refractivity contribution in [1.82, 2.24) is 5.32 Å². The van der Waals surface area contributed by atoms with E-state index in [1.54, 1.807) is 24.3 Å². The predicted molar refractivity (Wildman–Crippen MR) is 128 cm³/mol. The number of benzene rings is 3. The highest BCUT2D eigenvalue weighted by atomic mass is 16.5. The summed E-state index contributed by atoms with van der Waals surface area (Å²) in [6.45, 7) is 6.55. The van der Waals surface area contributed by atoms with Gasteiger partial charge in [0.25, 0.3) is 11.8 Å². The van der Waals surface area contributed by atoms with E-state index in [0.29, 0.717) is 23.5 Å². The van der Waals surface area contributed by atoms with Crippen LogP contribution in [-0.4, -0.2) is 25.0 Å². The summed E-state index contributed by atoms with van der Waals surface area (Å²) in [5.41, 5.74) is 4.17. The van der Waals surface area contributed by atoms with Gasteiger partial charge in [0, 0.05) is 6.54 Å². The minimum atomic E-state index is -0.314. The summed E-state index contributed by atoms with van der Waals surface area (Å²) in [7, 11) is 0. The van der Waals surface area contributed by atoms with Crippen LogP contribution in [0.2, 0.25) is 0 Å². The van der Waals surface area contributed by atoms with Crippen LogP contribution < -0.4 is 15.4 Å². The van der Waals surface area contributed by atoms with Gasteiger partial charge in [-0.25, -0.2) is 0 Å². The number of anilines is 1. The van der Waals surface area contributed by atoms with Crippen molar-refractivity contribution in [2.45, 2.75) is 33.1 Å². The molecule has 0 saturated heterocycles. The molecular formula is C27H30N2O3. The normalized spacial score (nSPS) is 10.6. The lowest BCUT2D eigenvalue weighted by Gasteiger charge is -2.15. The number of hydrogen-bond acceptors (Lipinski definition) is 3. The smallest absolute Gasteiger partial charge is 0.262 e. The van der Waals surface area contributed by atoms with Crippen LogP contribution in [0.4, 0.5) is 5.69 Å². The lowest BCUT2D eigenvalue weighted by Crippen LogP contribution is -2.28. The standard InChI is InChI=1S/C27H30N2O3/c1-19(2)22-14-13-20(3)17-25(22)32-18-26(30)29-24-12-8-7-11-23(24)27(31)28-16-15-21-9-5-4-6-10-21/h4-14,17,19H,15-16,18H2,1-3H3,(H,28,31)(H,29,30). The third-order valence-corrected chi connectivity index (χ3v) is 5.14. The molecule has 3 aromatic rings. The Balaban J connectivity index is 1.59. The summed E-state index contributed by atoms with van der Waals surface area (Å²) in [6, 6.07) is 23.0. The third-order valence-electron chi connectivity index (χ3n) is 5.14. The number of para-hydroxylation sites is 1. The van der Waals surface area contributed by atoms with Crippen molar-refractivity contribution < 1.29 is 14.3 Å². The molecule has 0 heterocycles. The fourth-order valence-corrected chi connectivity index (χ4v) is 3.42. The Morgan fingerprint density at radius 2 is 1.66 bits per heavy atom. The Labute approximate surface area is 189 Å². The molecule has 5 nitrogen and oxygen atoms in total. The maximum absolute atomic E-state index is 12.7. The number of rotatable bonds is 9. The van der Waals surface area contributed by atoms with E-state index in [1.807, 2.05) is 55.5 Å². The van der Waals surface area contributed by atoms with Gasteiger partial charge in [-0.1, -0.05) is 68.4 Å². The molecule has 0 aliphatic heterocycles. The number of carbonyl (C=O) groups is 2. The first-order valence-corrected chi connectivity index (χ1v) is 10.9. The lowest BCUT2D eigenvalue weighted by atomic mass is 10.0. The summed E-state index contributed by atoms with van der Waals surface area (Å²) in [5, 5.41) is 5.73. The van der Waals surface area contributed by atoms with Crippen molar-refractivity contribution >= 4 is 17.5 Å². The minimum absolute atomic E-state index is 0.132. The average molecular weight is 431 g/mol. The Hall–Kier alpha value is -3.60. The topological polar surface area (TPSA) is 67.4 Å². The number of ether oxygens (including phenoxy) is 1. The van der Waals surface area contributed by atoms with Gasteiger partial charge in [-0.05, 0) is 54.2 Å². The van der Waals surface area contributed by atoms with Gasteiger partial charge in [-0.15, -0.1) is 0 Å². The Morgan fingerprint density at radius 1 is 0.938 bits per heavy atom. The number of aryl methyl sites for hydroxylation is 1. The first-order valence-electron chi connectivity index (χ1n) is 10.9. The molecule has 0 saturated carbocycles. The zero-order valence-corrected chi connectivity index (χ0v) is 18.9. The molecule has 0 aliphatic rings. The molecule has 0 bridgehead atoms. The van der Waals surface area contributed by atoms with Crippen LogP contribution in [0.1, 0.15) is 46.8 Å². The fraction of sp³-hybridized carbons (Fsp3) is 0.259. The molecular weight excluding hydrogens is 400 g/mol. The van der Waals surface area contributed by atoms with E-state index in [1.165, 1.54) is 0 Å². The summed E-state index contributed by atoms with van der Waals surface area (Å²) < 4.78 is 5.81. The van der Waals surface area contributed by atoms with Gasteiger partial charge in [0.05, 0.1) is 11.3 Å². The fourth-order valence-electron chi connectivity index (χ4n) is 3.42. The predicted octanol–water partition coefficient (Wildman–Crippen LogP) is 5.11. The first kappa shape index (κ1) is 23.1. The Morgan fingerprint density at radius 3 is 2.41 bits per heavy atom. The van der Waals surface area contributed by atoms with Crippen LogP contribution in [0.25, 0.3) is 0 Å². The maximum atomic E-state index is 12.7. The van der Waals surface area contributed by atoms with Crippen molar-refractivity contribution in [2.24, 2.45) is 0 Å². The Kier molecular flexibility index (Phi) is 8.03. The van der Waals surface area contributed by atoms with Crippen molar-refractivity contribution in [3.05, 3.63) is 95.1 Å².